The first-order valence-electron chi connectivity index (χ1n) is 11.3. The van der Waals surface area contributed by atoms with Gasteiger partial charge in [0.1, 0.15) is 48.3 Å². The number of imidazole rings is 1. The van der Waals surface area contributed by atoms with Crippen LogP contribution in [-0.2, 0) is 30.6 Å². The molecule has 0 radical (unpaired) electrons. The quantitative estimate of drug-likeness (QED) is 0.0597. The van der Waals surface area contributed by atoms with E-state index in [0.717, 1.165) is 22.1 Å². The molecule has 2 aliphatic heterocycles. The first kappa shape index (κ1) is 30.0. The van der Waals surface area contributed by atoms with Gasteiger partial charge in [-0.15, -0.1) is 11.8 Å². The molecule has 3 aromatic rings. The zero-order valence-electron chi connectivity index (χ0n) is 22.1. The normalized spacial score (nSPS) is 18.2. The third-order valence-electron chi connectivity index (χ3n) is 5.90. The van der Waals surface area contributed by atoms with E-state index >= 15 is 0 Å². The number of pyridine rings is 1. The van der Waals surface area contributed by atoms with E-state index in [1.54, 1.807) is 39.7 Å². The van der Waals surface area contributed by atoms with E-state index in [1.807, 2.05) is 0 Å². The van der Waals surface area contributed by atoms with Gasteiger partial charge in [-0.1, -0.05) is 5.16 Å². The number of nitrogens with zero attached hydrogens (tertiary/aromatic N) is 7. The van der Waals surface area contributed by atoms with E-state index in [-0.39, 0.29) is 59.9 Å². The van der Waals surface area contributed by atoms with Crippen molar-refractivity contribution in [2.24, 2.45) is 5.16 Å². The van der Waals surface area contributed by atoms with Gasteiger partial charge in [-0.25, -0.2) is 18.6 Å². The van der Waals surface area contributed by atoms with Crippen LogP contribution in [0.15, 0.2) is 47.1 Å². The van der Waals surface area contributed by atoms with Gasteiger partial charge in [-0.2, -0.15) is 14.6 Å². The summed E-state index contributed by atoms with van der Waals surface area (Å²) in [6.45, 7) is -0.658. The number of amides is 2. The number of hydrogen-bond donors (Lipinski definition) is 4. The fraction of sp³-hybridized carbons (Fsp3) is 0.227. The van der Waals surface area contributed by atoms with Crippen molar-refractivity contribution < 1.29 is 69.8 Å². The summed E-state index contributed by atoms with van der Waals surface area (Å²) in [5, 5.41) is 33.2. The third kappa shape index (κ3) is 5.89. The number of aromatic nitrogens is 4. The molecule has 206 valence electrons. The number of nitrogens with two attached hydrogens (primary N) is 1. The van der Waals surface area contributed by atoms with Crippen molar-refractivity contribution in [3.8, 4) is 6.07 Å². The Bertz CT molecular complexity index is 1690. The number of carbonyl (C=O) groups is 4. The zero-order chi connectivity index (χ0) is 28.6. The minimum Gasteiger partial charge on any atom is -1.00 e. The van der Waals surface area contributed by atoms with Crippen LogP contribution in [0, 0.1) is 11.3 Å². The average Bonchev–Trinajstić information content (AvgIpc) is 3.54. The van der Waals surface area contributed by atoms with Gasteiger partial charge in [-0.3, -0.25) is 14.5 Å². The molecule has 0 aliphatic carbocycles. The maximum absolute atomic E-state index is 13.1. The van der Waals surface area contributed by atoms with E-state index in [1.165, 1.54) is 11.8 Å². The van der Waals surface area contributed by atoms with E-state index in [2.05, 4.69) is 30.7 Å². The minimum atomic E-state index is -1.33. The van der Waals surface area contributed by atoms with Crippen LogP contribution in [0.25, 0.3) is 5.65 Å². The summed E-state index contributed by atoms with van der Waals surface area (Å²) in [7, 11) is 0. The summed E-state index contributed by atoms with van der Waals surface area (Å²) in [5.41, 5.74) is 6.58. The number of hydrogen-bond acceptors (Lipinski definition) is 12. The smallest absolute Gasteiger partial charge is 1.00 e. The summed E-state index contributed by atoms with van der Waals surface area (Å²) >= 11 is 2.04. The standard InChI is InChI=1S/C22H17N9O7S2.Na.H/c23-5-10-1-2-12-29(6-10)3-4-30(12)7-11-9-39-20-15(19(35)31(20)16(11)21(36)37)25-18(34)14(27-38-8-13(32)33)17-26-22(24)40-28-17;;/h1-4,6,15,20H,7-9H2,(H4-,24,25,26,28,32,33,34,36,37);;/q;+1;-1/p+1/b27-14+;;/t15-,20-;;/m1../s1. The van der Waals surface area contributed by atoms with Crippen LogP contribution in [0.2, 0.25) is 0 Å². The summed E-state index contributed by atoms with van der Waals surface area (Å²) < 4.78 is 7.42. The number of nitriles is 1. The predicted molar refractivity (Wildman–Crippen MR) is 138 cm³/mol. The van der Waals surface area contributed by atoms with Crippen LogP contribution >= 0.6 is 23.3 Å². The summed E-state index contributed by atoms with van der Waals surface area (Å²) in [5.74, 6) is -4.17. The molecule has 2 atom stereocenters. The monoisotopic (exact) mass is 608 g/mol. The number of carboxylic acids is 2. The molecule has 0 aromatic carbocycles. The Morgan fingerprint density at radius 2 is 2.15 bits per heavy atom. The Morgan fingerprint density at radius 1 is 1.37 bits per heavy atom. The third-order valence-corrected chi connectivity index (χ3v) is 7.78. The molecule has 0 unspecified atom stereocenters. The number of nitrogens with one attached hydrogen (secondary N) is 1. The molecule has 0 spiro atoms. The van der Waals surface area contributed by atoms with Crippen molar-refractivity contribution in [3.63, 3.8) is 0 Å². The molecule has 0 saturated carbocycles. The first-order chi connectivity index (χ1) is 19.2. The van der Waals surface area contributed by atoms with E-state index < -0.39 is 47.5 Å². The van der Waals surface area contributed by atoms with Gasteiger partial charge in [0.15, 0.2) is 5.13 Å². The van der Waals surface area contributed by atoms with E-state index in [9.17, 15) is 24.3 Å². The minimum absolute atomic E-state index is 0. The molecule has 16 nitrogen and oxygen atoms in total. The fourth-order valence-corrected chi connectivity index (χ4v) is 5.96. The maximum atomic E-state index is 13.1. The van der Waals surface area contributed by atoms with E-state index in [0.29, 0.717) is 11.1 Å². The van der Waals surface area contributed by atoms with Crippen molar-refractivity contribution in [2.45, 2.75) is 18.0 Å². The van der Waals surface area contributed by atoms with E-state index in [4.69, 9.17) is 16.1 Å². The zero-order valence-corrected chi connectivity index (χ0v) is 24.8. The second-order valence-electron chi connectivity index (χ2n) is 8.40. The van der Waals surface area contributed by atoms with Gasteiger partial charge in [0.25, 0.3) is 17.5 Å². The molecule has 19 heteroatoms. The van der Waals surface area contributed by atoms with Crippen LogP contribution in [0.1, 0.15) is 12.8 Å². The number of anilines is 1. The number of thioether (sulfide) groups is 1. The molecule has 0 bridgehead atoms. The summed E-state index contributed by atoms with van der Waals surface area (Å²) in [6.07, 6.45) is 5.13. The molecule has 41 heavy (non-hydrogen) atoms. The second kappa shape index (κ2) is 12.2. The Hall–Kier alpha value is -4.02. The molecular weight excluding hydrogens is 589 g/mol. The SMILES string of the molecule is N#Cc1ccc2n(cc[n+]2CC2=C(C(=O)O)N3C(=O)[C@@H](NC(=O)/C(=N/OCC(=O)O)c4nsc(N)n4)[C@H]3SC2)c1.[H-].[Na+]. The van der Waals surface area contributed by atoms with Crippen molar-refractivity contribution in [3.05, 3.63) is 53.4 Å². The first-order valence-corrected chi connectivity index (χ1v) is 13.1. The molecule has 2 aliphatic rings. The molecule has 5 rings (SSSR count). The number of rotatable bonds is 9. The molecule has 1 saturated heterocycles. The number of fused-ring (bicyclic) bond motifs is 2. The Balaban J connectivity index is 0.00000242. The number of carbonyl (C=O) groups excluding carboxylic acids is 2. The second-order valence-corrected chi connectivity index (χ2v) is 10.3. The van der Waals surface area contributed by atoms with Gasteiger partial charge >= 0.3 is 41.5 Å². The topological polar surface area (TPSA) is 229 Å². The molecule has 2 amide bonds. The number of β-lactam (4-membered cyclic amide) rings is 1. The Kier molecular flexibility index (Phi) is 8.94. The predicted octanol–water partition coefficient (Wildman–Crippen LogP) is -4.11. The van der Waals surface area contributed by atoms with Crippen LogP contribution in [0.4, 0.5) is 5.13 Å². The molecule has 1 fully saturated rings. The largest absolute Gasteiger partial charge is 1.00 e. The van der Waals surface area contributed by atoms with Gasteiger partial charge in [0, 0.05) is 28.9 Å². The van der Waals surface area contributed by atoms with Crippen LogP contribution in [0.5, 0.6) is 0 Å². The average molecular weight is 609 g/mol. The number of carboxylic acid groups (broad SMARTS) is 2. The Labute approximate surface area is 262 Å². The van der Waals surface area contributed by atoms with Crippen LogP contribution < -0.4 is 45.2 Å². The van der Waals surface area contributed by atoms with Crippen molar-refractivity contribution in [1.29, 1.82) is 5.26 Å². The molecule has 5 N–H and O–H groups in total. The maximum Gasteiger partial charge on any atom is 1.00 e. The molecule has 3 aromatic heterocycles. The van der Waals surface area contributed by atoms with Crippen molar-refractivity contribution >= 4 is 63.5 Å². The summed E-state index contributed by atoms with van der Waals surface area (Å²) in [4.78, 5) is 58.8. The molecular formula is C22H19N9NaO7S2+. The Morgan fingerprint density at radius 3 is 2.80 bits per heavy atom. The van der Waals surface area contributed by atoms with Gasteiger partial charge in [-0.05, 0) is 6.07 Å². The fourth-order valence-electron chi connectivity index (χ4n) is 4.19. The van der Waals surface area contributed by atoms with Crippen molar-refractivity contribution in [2.75, 3.05) is 18.1 Å². The number of oxime groups is 1. The van der Waals surface area contributed by atoms with Crippen LogP contribution in [0.3, 0.4) is 0 Å². The molecule has 5 heterocycles. The van der Waals surface area contributed by atoms with Gasteiger partial charge < -0.3 is 27.5 Å². The van der Waals surface area contributed by atoms with Crippen LogP contribution in [-0.4, -0.2) is 82.1 Å². The van der Waals surface area contributed by atoms with Gasteiger partial charge in [0.2, 0.25) is 18.1 Å². The summed E-state index contributed by atoms with van der Waals surface area (Å²) in [6, 6.07) is 4.35. The number of aliphatic carboxylic acids is 2. The van der Waals surface area contributed by atoms with Gasteiger partial charge in [0.05, 0.1) is 5.56 Å². The number of nitrogen functional groups attached to an aromatic ring is 1. The van der Waals surface area contributed by atoms with Crippen molar-refractivity contribution in [1.82, 2.24) is 24.0 Å².